The fourth-order valence-corrected chi connectivity index (χ4v) is 4.19. The molecule has 0 unspecified atom stereocenters. The van der Waals surface area contributed by atoms with Crippen molar-refractivity contribution in [2.45, 2.75) is 0 Å². The first-order valence-electron chi connectivity index (χ1n) is 11.2. The zero-order valence-electron chi connectivity index (χ0n) is 19.9. The normalized spacial score (nSPS) is 11.4. The van der Waals surface area contributed by atoms with E-state index >= 15 is 0 Å². The molecule has 2 aromatic heterocycles. The third-order valence-electron chi connectivity index (χ3n) is 5.63. The minimum absolute atomic E-state index is 0.227. The Balaban J connectivity index is 1.67. The lowest BCUT2D eigenvalue weighted by Gasteiger charge is -2.15. The predicted octanol–water partition coefficient (Wildman–Crippen LogP) is 4.98. The van der Waals surface area contributed by atoms with Gasteiger partial charge in [-0.3, -0.25) is 4.79 Å². The highest BCUT2D eigenvalue weighted by molar-refractivity contribution is 9.10. The average molecular weight is 561 g/mol. The molecule has 9 nitrogen and oxygen atoms in total. The number of halogens is 1. The number of para-hydroxylation sites is 1. The summed E-state index contributed by atoms with van der Waals surface area (Å²) in [4.78, 5) is 31.2. The molecular formula is C27H21BrN4O5. The number of furan rings is 1. The van der Waals surface area contributed by atoms with Gasteiger partial charge in [-0.25, -0.2) is 9.78 Å². The number of carboxylic acid groups (broad SMARTS) is 1. The van der Waals surface area contributed by atoms with Crippen LogP contribution >= 0.6 is 15.9 Å². The molecule has 0 atom stereocenters. The largest absolute Gasteiger partial charge is 0.481 e. The highest BCUT2D eigenvalue weighted by atomic mass is 79.9. The van der Waals surface area contributed by atoms with Gasteiger partial charge in [-0.05, 0) is 48.5 Å². The van der Waals surface area contributed by atoms with Crippen LogP contribution in [0.2, 0.25) is 0 Å². The number of aromatic nitrogens is 2. The first kappa shape index (κ1) is 24.3. The Morgan fingerprint density at radius 3 is 2.76 bits per heavy atom. The SMILES string of the molecule is CN(C)c1ccc(C=Nn2c(-c3cc4cc(Br)ccc4o3)nc3ccccc3c2=O)c(OCC(=O)O)c1. The standard InChI is InChI=1S/C27H21BrN4O5/c1-31(2)19-9-7-16(23(13-19)36-15-25(33)34)14-29-32-26(30-21-6-4-3-5-20(21)27(32)35)24-12-17-11-18(28)8-10-22(17)37-24/h3-14H,15H2,1-2H3,(H,33,34). The maximum Gasteiger partial charge on any atom is 0.341 e. The number of hydrogen-bond acceptors (Lipinski definition) is 7. The molecule has 0 bridgehead atoms. The maximum atomic E-state index is 13.5. The number of rotatable bonds is 7. The molecule has 0 aliphatic carbocycles. The molecule has 186 valence electrons. The van der Waals surface area contributed by atoms with Crippen LogP contribution in [0, 0.1) is 0 Å². The molecule has 2 heterocycles. The van der Waals surface area contributed by atoms with Gasteiger partial charge >= 0.3 is 5.97 Å². The van der Waals surface area contributed by atoms with Crippen LogP contribution in [0.25, 0.3) is 33.5 Å². The average Bonchev–Trinajstić information content (AvgIpc) is 3.30. The number of aliphatic carboxylic acids is 1. The molecule has 0 aliphatic rings. The summed E-state index contributed by atoms with van der Waals surface area (Å²) in [5.74, 6) is -0.190. The van der Waals surface area contributed by atoms with Gasteiger partial charge in [0.15, 0.2) is 12.4 Å². The lowest BCUT2D eigenvalue weighted by molar-refractivity contribution is -0.139. The zero-order valence-corrected chi connectivity index (χ0v) is 21.5. The Labute approximate surface area is 219 Å². The van der Waals surface area contributed by atoms with Gasteiger partial charge in [0.1, 0.15) is 11.3 Å². The molecule has 0 fully saturated rings. The number of hydrogen-bond donors (Lipinski definition) is 1. The van der Waals surface area contributed by atoms with E-state index in [-0.39, 0.29) is 11.4 Å². The van der Waals surface area contributed by atoms with E-state index in [4.69, 9.17) is 14.3 Å². The van der Waals surface area contributed by atoms with Gasteiger partial charge in [0.05, 0.1) is 17.1 Å². The predicted molar refractivity (Wildman–Crippen MR) is 146 cm³/mol. The van der Waals surface area contributed by atoms with Crippen molar-refractivity contribution in [3.05, 3.63) is 87.1 Å². The van der Waals surface area contributed by atoms with Crippen molar-refractivity contribution in [1.82, 2.24) is 9.66 Å². The van der Waals surface area contributed by atoms with Crippen LogP contribution in [0.3, 0.4) is 0 Å². The van der Waals surface area contributed by atoms with Crippen molar-refractivity contribution in [2.75, 3.05) is 25.6 Å². The van der Waals surface area contributed by atoms with Gasteiger partial charge < -0.3 is 19.2 Å². The smallest absolute Gasteiger partial charge is 0.341 e. The number of ether oxygens (including phenoxy) is 1. The molecule has 0 amide bonds. The summed E-state index contributed by atoms with van der Waals surface area (Å²) in [6, 6.07) is 19.7. The van der Waals surface area contributed by atoms with Gasteiger partial charge in [-0.2, -0.15) is 9.78 Å². The molecule has 10 heteroatoms. The van der Waals surface area contributed by atoms with E-state index in [9.17, 15) is 9.59 Å². The van der Waals surface area contributed by atoms with Crippen molar-refractivity contribution in [3.8, 4) is 17.3 Å². The van der Waals surface area contributed by atoms with Crippen LogP contribution in [0.1, 0.15) is 5.56 Å². The van der Waals surface area contributed by atoms with Crippen molar-refractivity contribution in [3.63, 3.8) is 0 Å². The van der Waals surface area contributed by atoms with Crippen LogP contribution in [0.5, 0.6) is 5.75 Å². The fraction of sp³-hybridized carbons (Fsp3) is 0.111. The summed E-state index contributed by atoms with van der Waals surface area (Å²) < 4.78 is 13.6. The van der Waals surface area contributed by atoms with Crippen LogP contribution in [0.4, 0.5) is 5.69 Å². The summed E-state index contributed by atoms with van der Waals surface area (Å²) >= 11 is 3.46. The molecular weight excluding hydrogens is 540 g/mol. The molecule has 0 saturated carbocycles. The molecule has 0 spiro atoms. The Hall–Kier alpha value is -4.44. The van der Waals surface area contributed by atoms with Gasteiger partial charge in [-0.15, -0.1) is 0 Å². The van der Waals surface area contributed by atoms with Gasteiger partial charge in [0, 0.05) is 41.3 Å². The van der Waals surface area contributed by atoms with Gasteiger partial charge in [0.25, 0.3) is 5.56 Å². The number of nitrogens with zero attached hydrogens (tertiary/aromatic N) is 4. The van der Waals surface area contributed by atoms with E-state index in [1.54, 1.807) is 42.5 Å². The molecule has 5 aromatic rings. The second-order valence-corrected chi connectivity index (χ2v) is 9.32. The Kier molecular flexibility index (Phi) is 6.49. The first-order valence-corrected chi connectivity index (χ1v) is 12.0. The molecule has 0 radical (unpaired) electrons. The van der Waals surface area contributed by atoms with Crippen molar-refractivity contribution in [2.24, 2.45) is 5.10 Å². The minimum atomic E-state index is -1.10. The maximum absolute atomic E-state index is 13.5. The van der Waals surface area contributed by atoms with Gasteiger partial charge in [0.2, 0.25) is 5.82 Å². The molecule has 5 rings (SSSR count). The molecule has 3 aromatic carbocycles. The summed E-state index contributed by atoms with van der Waals surface area (Å²) in [5, 5.41) is 14.8. The van der Waals surface area contributed by atoms with E-state index < -0.39 is 12.6 Å². The molecule has 37 heavy (non-hydrogen) atoms. The van der Waals surface area contributed by atoms with Crippen LogP contribution in [-0.4, -0.2) is 47.7 Å². The highest BCUT2D eigenvalue weighted by Gasteiger charge is 2.17. The Morgan fingerprint density at radius 2 is 1.97 bits per heavy atom. The number of anilines is 1. The third-order valence-corrected chi connectivity index (χ3v) is 6.12. The Morgan fingerprint density at radius 1 is 1.16 bits per heavy atom. The van der Waals surface area contributed by atoms with Gasteiger partial charge in [-0.1, -0.05) is 28.1 Å². The third kappa shape index (κ3) is 4.96. The topological polar surface area (TPSA) is 110 Å². The lowest BCUT2D eigenvalue weighted by atomic mass is 10.2. The zero-order chi connectivity index (χ0) is 26.1. The van der Waals surface area contributed by atoms with E-state index in [0.29, 0.717) is 33.6 Å². The van der Waals surface area contributed by atoms with Crippen LogP contribution in [0.15, 0.2) is 85.5 Å². The second-order valence-electron chi connectivity index (χ2n) is 8.41. The molecule has 0 aliphatic heterocycles. The minimum Gasteiger partial charge on any atom is -0.481 e. The van der Waals surface area contributed by atoms with E-state index in [2.05, 4.69) is 26.0 Å². The van der Waals surface area contributed by atoms with E-state index in [1.165, 1.54) is 10.9 Å². The number of carboxylic acids is 1. The van der Waals surface area contributed by atoms with E-state index in [1.807, 2.05) is 43.3 Å². The summed E-state index contributed by atoms with van der Waals surface area (Å²) in [6.45, 7) is -0.519. The highest BCUT2D eigenvalue weighted by Crippen LogP contribution is 2.29. The summed E-state index contributed by atoms with van der Waals surface area (Å²) in [7, 11) is 3.73. The number of benzene rings is 3. The summed E-state index contributed by atoms with van der Waals surface area (Å²) in [5.41, 5.74) is 2.08. The van der Waals surface area contributed by atoms with E-state index in [0.717, 1.165) is 15.5 Å². The molecule has 1 N–H and O–H groups in total. The van der Waals surface area contributed by atoms with Crippen LogP contribution < -0.4 is 15.2 Å². The quantitative estimate of drug-likeness (QED) is 0.279. The monoisotopic (exact) mass is 560 g/mol. The number of fused-ring (bicyclic) bond motifs is 2. The van der Waals surface area contributed by atoms with Crippen molar-refractivity contribution in [1.29, 1.82) is 0 Å². The Bertz CT molecular complexity index is 1740. The summed E-state index contributed by atoms with van der Waals surface area (Å²) in [6.07, 6.45) is 1.44. The molecule has 0 saturated heterocycles. The number of carbonyl (C=O) groups is 1. The first-order chi connectivity index (χ1) is 17.8. The van der Waals surface area contributed by atoms with Crippen molar-refractivity contribution < 1.29 is 19.1 Å². The second kappa shape index (κ2) is 9.90. The van der Waals surface area contributed by atoms with Crippen LogP contribution in [-0.2, 0) is 4.79 Å². The van der Waals surface area contributed by atoms with Crippen molar-refractivity contribution >= 4 is 55.7 Å². The fourth-order valence-electron chi connectivity index (χ4n) is 3.81. The lowest BCUT2D eigenvalue weighted by Crippen LogP contribution is -2.20.